The van der Waals surface area contributed by atoms with Gasteiger partial charge in [-0.1, -0.05) is 41.2 Å². The van der Waals surface area contributed by atoms with E-state index in [0.29, 0.717) is 6.61 Å². The number of rotatable bonds is 1. The molecule has 4 rings (SSSR count). The van der Waals surface area contributed by atoms with E-state index in [-0.39, 0.29) is 4.90 Å². The predicted octanol–water partition coefficient (Wildman–Crippen LogP) is 3.05. The van der Waals surface area contributed by atoms with Crippen molar-refractivity contribution < 1.29 is 22.3 Å². The van der Waals surface area contributed by atoms with Crippen molar-refractivity contribution in [2.75, 3.05) is 0 Å². The molecule has 0 atom stereocenters. The number of fused-ring (bicyclic) bond motifs is 3. The molecule has 0 spiro atoms. The molecule has 2 aromatic carbocycles. The van der Waals surface area contributed by atoms with Gasteiger partial charge in [-0.15, -0.1) is 4.57 Å². The molecule has 7 heteroatoms. The fourth-order valence-electron chi connectivity index (χ4n) is 2.24. The number of aromatic nitrogens is 1. The SMILES string of the molecule is C1=C[n+]2c(sc3ccccc32)CO1.Cc1ccc(S(=O)(=O)[O-])cc1. The smallest absolute Gasteiger partial charge is 0.281 e. The second-order valence-electron chi connectivity index (χ2n) is 5.20. The Bertz CT molecular complexity index is 989. The lowest BCUT2D eigenvalue weighted by Crippen LogP contribution is -2.31. The van der Waals surface area contributed by atoms with E-state index in [1.165, 1.54) is 27.4 Å². The molecule has 0 saturated heterocycles. The Labute approximate surface area is 144 Å². The fourth-order valence-corrected chi connectivity index (χ4v) is 3.77. The summed E-state index contributed by atoms with van der Waals surface area (Å²) in [5.74, 6) is 0. The fraction of sp³-hybridized carbons (Fsp3) is 0.118. The highest BCUT2D eigenvalue weighted by molar-refractivity contribution is 7.85. The Hall–Kier alpha value is -2.22. The van der Waals surface area contributed by atoms with Crippen molar-refractivity contribution in [2.45, 2.75) is 18.4 Å². The molecule has 0 saturated carbocycles. The van der Waals surface area contributed by atoms with Crippen LogP contribution in [-0.4, -0.2) is 13.0 Å². The molecular formula is C17H15NO4S2. The van der Waals surface area contributed by atoms with Gasteiger partial charge in [0.25, 0.3) is 5.01 Å². The molecule has 5 nitrogen and oxygen atoms in total. The van der Waals surface area contributed by atoms with Crippen molar-refractivity contribution in [3.05, 3.63) is 65.4 Å². The van der Waals surface area contributed by atoms with Gasteiger partial charge in [0.1, 0.15) is 21.1 Å². The van der Waals surface area contributed by atoms with Crippen LogP contribution in [0.5, 0.6) is 0 Å². The van der Waals surface area contributed by atoms with Crippen LogP contribution in [0.2, 0.25) is 0 Å². The van der Waals surface area contributed by atoms with Crippen LogP contribution in [0.1, 0.15) is 10.6 Å². The molecule has 24 heavy (non-hydrogen) atoms. The van der Waals surface area contributed by atoms with Gasteiger partial charge in [-0.2, -0.15) is 0 Å². The number of thiazole rings is 1. The van der Waals surface area contributed by atoms with Crippen LogP contribution >= 0.6 is 11.3 Å². The Kier molecular flexibility index (Phi) is 4.66. The van der Waals surface area contributed by atoms with E-state index in [1.807, 2.05) is 13.1 Å². The standard InChI is InChI=1S/C10H8NOS.C7H8O3S/c1-2-4-9-8(3-1)11-5-6-12-7-10(11)13-9;1-6-2-4-7(5-3-6)11(8,9)10/h1-6H,7H2;2-5H,1H3,(H,8,9,10)/q+1;/p-1. The van der Waals surface area contributed by atoms with Crippen LogP contribution in [0, 0.1) is 6.92 Å². The summed E-state index contributed by atoms with van der Waals surface area (Å²) in [6.45, 7) is 2.51. The van der Waals surface area contributed by atoms with Gasteiger partial charge in [-0.05, 0) is 25.1 Å². The summed E-state index contributed by atoms with van der Waals surface area (Å²) in [6, 6.07) is 14.2. The second kappa shape index (κ2) is 6.72. The molecule has 0 N–H and O–H groups in total. The molecule has 0 unspecified atom stereocenters. The van der Waals surface area contributed by atoms with Crippen molar-refractivity contribution >= 4 is 37.9 Å². The summed E-state index contributed by atoms with van der Waals surface area (Å²) in [7, 11) is -4.27. The first-order chi connectivity index (χ1) is 11.4. The van der Waals surface area contributed by atoms with Gasteiger partial charge in [0.2, 0.25) is 11.7 Å². The van der Waals surface area contributed by atoms with E-state index >= 15 is 0 Å². The summed E-state index contributed by atoms with van der Waals surface area (Å²) in [5, 5.41) is 1.25. The lowest BCUT2D eigenvalue weighted by Gasteiger charge is -2.05. The average molecular weight is 361 g/mol. The van der Waals surface area contributed by atoms with Crippen molar-refractivity contribution in [3.63, 3.8) is 0 Å². The summed E-state index contributed by atoms with van der Waals surface area (Å²) >= 11 is 1.79. The van der Waals surface area contributed by atoms with Gasteiger partial charge >= 0.3 is 0 Å². The predicted molar refractivity (Wildman–Crippen MR) is 91.3 cm³/mol. The molecule has 0 amide bonds. The highest BCUT2D eigenvalue weighted by Gasteiger charge is 2.20. The van der Waals surface area contributed by atoms with Crippen LogP contribution in [0.15, 0.2) is 59.7 Å². The molecule has 1 aliphatic rings. The number of hydrogen-bond acceptors (Lipinski definition) is 5. The van der Waals surface area contributed by atoms with E-state index in [4.69, 9.17) is 4.74 Å². The highest BCUT2D eigenvalue weighted by atomic mass is 32.2. The molecule has 3 aromatic rings. The molecule has 1 aliphatic heterocycles. The molecule has 0 fully saturated rings. The van der Waals surface area contributed by atoms with Crippen LogP contribution in [0.3, 0.4) is 0 Å². The maximum absolute atomic E-state index is 10.4. The van der Waals surface area contributed by atoms with E-state index in [0.717, 1.165) is 5.56 Å². The topological polar surface area (TPSA) is 70.3 Å². The van der Waals surface area contributed by atoms with Gasteiger partial charge in [0.15, 0.2) is 6.61 Å². The van der Waals surface area contributed by atoms with Gasteiger partial charge in [0.05, 0.1) is 4.90 Å². The van der Waals surface area contributed by atoms with Gasteiger partial charge < -0.3 is 9.29 Å². The monoisotopic (exact) mass is 361 g/mol. The zero-order valence-electron chi connectivity index (χ0n) is 12.9. The summed E-state index contributed by atoms with van der Waals surface area (Å²) in [4.78, 5) is -0.178. The van der Waals surface area contributed by atoms with Crippen LogP contribution < -0.4 is 4.57 Å². The van der Waals surface area contributed by atoms with Crippen LogP contribution in [-0.2, 0) is 21.5 Å². The number of aryl methyl sites for hydroxylation is 1. The van der Waals surface area contributed by atoms with Crippen LogP contribution in [0.25, 0.3) is 16.4 Å². The lowest BCUT2D eigenvalue weighted by molar-refractivity contribution is -0.551. The van der Waals surface area contributed by atoms with Gasteiger partial charge in [0, 0.05) is 6.07 Å². The summed E-state index contributed by atoms with van der Waals surface area (Å²) < 4.78 is 39.9. The van der Waals surface area contributed by atoms with E-state index in [1.54, 1.807) is 29.7 Å². The third kappa shape index (κ3) is 3.64. The number of ether oxygens (including phenoxy) is 1. The first-order valence-corrected chi connectivity index (χ1v) is 9.40. The lowest BCUT2D eigenvalue weighted by atomic mass is 10.2. The van der Waals surface area contributed by atoms with Crippen molar-refractivity contribution in [3.8, 4) is 0 Å². The third-order valence-corrected chi connectivity index (χ3v) is 5.41. The Morgan fingerprint density at radius 2 is 1.83 bits per heavy atom. The van der Waals surface area contributed by atoms with Gasteiger partial charge in [-0.25, -0.2) is 8.42 Å². The van der Waals surface area contributed by atoms with E-state index in [9.17, 15) is 13.0 Å². The minimum absolute atomic E-state index is 0.178. The van der Waals surface area contributed by atoms with Crippen molar-refractivity contribution in [2.24, 2.45) is 0 Å². The number of hydrogen-bond donors (Lipinski definition) is 0. The molecule has 0 aliphatic carbocycles. The minimum atomic E-state index is -4.27. The first kappa shape index (κ1) is 16.6. The average Bonchev–Trinajstić information content (AvgIpc) is 2.94. The van der Waals surface area contributed by atoms with Crippen molar-refractivity contribution in [1.82, 2.24) is 0 Å². The number of para-hydroxylation sites is 1. The highest BCUT2D eigenvalue weighted by Crippen LogP contribution is 2.22. The molecule has 2 heterocycles. The normalized spacial score (nSPS) is 12.9. The quantitative estimate of drug-likeness (QED) is 0.493. The van der Waals surface area contributed by atoms with E-state index < -0.39 is 10.1 Å². The molecule has 1 aromatic heterocycles. The maximum Gasteiger partial charge on any atom is 0.281 e. The third-order valence-electron chi connectivity index (χ3n) is 3.44. The van der Waals surface area contributed by atoms with Crippen molar-refractivity contribution in [1.29, 1.82) is 0 Å². The first-order valence-electron chi connectivity index (χ1n) is 7.18. The zero-order valence-corrected chi connectivity index (χ0v) is 14.5. The molecule has 0 radical (unpaired) electrons. The zero-order chi connectivity index (χ0) is 17.2. The summed E-state index contributed by atoms with van der Waals surface area (Å²) in [6.07, 6.45) is 3.71. The Balaban J connectivity index is 0.000000144. The maximum atomic E-state index is 10.4. The Morgan fingerprint density at radius 1 is 1.12 bits per heavy atom. The Morgan fingerprint density at radius 3 is 2.54 bits per heavy atom. The van der Waals surface area contributed by atoms with Gasteiger partial charge in [-0.3, -0.25) is 0 Å². The van der Waals surface area contributed by atoms with Crippen LogP contribution in [0.4, 0.5) is 0 Å². The largest absolute Gasteiger partial charge is 0.744 e. The molecule has 0 bridgehead atoms. The molecule has 124 valence electrons. The molecular weight excluding hydrogens is 346 g/mol. The number of benzene rings is 2. The van der Waals surface area contributed by atoms with E-state index in [2.05, 4.69) is 28.8 Å². The number of nitrogens with zero attached hydrogens (tertiary/aromatic N) is 1. The minimum Gasteiger partial charge on any atom is -0.744 e. The second-order valence-corrected chi connectivity index (χ2v) is 7.69. The summed E-state index contributed by atoms with van der Waals surface area (Å²) in [5.41, 5.74) is 2.19.